The first-order valence-corrected chi connectivity index (χ1v) is 4.00. The second kappa shape index (κ2) is 2.99. The summed E-state index contributed by atoms with van der Waals surface area (Å²) in [4.78, 5) is 8.44. The molecule has 0 aliphatic rings. The lowest BCUT2D eigenvalue weighted by Gasteiger charge is -2.04. The zero-order valence-electron chi connectivity index (χ0n) is 7.28. The SMILES string of the molecule is Cc1ccnc2c(NN)ccnc12. The summed E-state index contributed by atoms with van der Waals surface area (Å²) in [5.41, 5.74) is 6.19. The van der Waals surface area contributed by atoms with Gasteiger partial charge >= 0.3 is 0 Å². The van der Waals surface area contributed by atoms with Crippen LogP contribution < -0.4 is 11.3 Å². The van der Waals surface area contributed by atoms with E-state index in [-0.39, 0.29) is 0 Å². The van der Waals surface area contributed by atoms with Crippen LogP contribution in [0, 0.1) is 6.92 Å². The maximum atomic E-state index is 5.35. The quantitative estimate of drug-likeness (QED) is 0.504. The fourth-order valence-corrected chi connectivity index (χ4v) is 1.29. The molecule has 0 amide bonds. The Morgan fingerprint density at radius 1 is 1.15 bits per heavy atom. The van der Waals surface area contributed by atoms with Crippen LogP contribution in [0.25, 0.3) is 11.0 Å². The van der Waals surface area contributed by atoms with Crippen molar-refractivity contribution in [3.05, 3.63) is 30.1 Å². The van der Waals surface area contributed by atoms with Crippen molar-refractivity contribution in [2.75, 3.05) is 5.43 Å². The molecule has 13 heavy (non-hydrogen) atoms. The van der Waals surface area contributed by atoms with Gasteiger partial charge in [0.1, 0.15) is 5.52 Å². The van der Waals surface area contributed by atoms with Crippen molar-refractivity contribution in [1.82, 2.24) is 9.97 Å². The van der Waals surface area contributed by atoms with Gasteiger partial charge in [0.2, 0.25) is 0 Å². The Hall–Kier alpha value is -1.68. The van der Waals surface area contributed by atoms with E-state index in [0.717, 1.165) is 22.3 Å². The molecule has 2 aromatic heterocycles. The first-order chi connectivity index (χ1) is 6.33. The molecule has 2 rings (SSSR count). The third kappa shape index (κ3) is 1.21. The molecular formula is C9H10N4. The van der Waals surface area contributed by atoms with Gasteiger partial charge in [-0.2, -0.15) is 0 Å². The van der Waals surface area contributed by atoms with Crippen LogP contribution in [0.2, 0.25) is 0 Å². The Kier molecular flexibility index (Phi) is 1.83. The van der Waals surface area contributed by atoms with Gasteiger partial charge < -0.3 is 5.43 Å². The van der Waals surface area contributed by atoms with Crippen LogP contribution in [0.15, 0.2) is 24.5 Å². The average molecular weight is 174 g/mol. The van der Waals surface area contributed by atoms with Crippen LogP contribution in [-0.2, 0) is 0 Å². The number of nitrogens with zero attached hydrogens (tertiary/aromatic N) is 2. The number of anilines is 1. The predicted octanol–water partition coefficient (Wildman–Crippen LogP) is 1.22. The third-order valence-corrected chi connectivity index (χ3v) is 1.98. The zero-order valence-corrected chi connectivity index (χ0v) is 7.28. The van der Waals surface area contributed by atoms with Crippen LogP contribution in [0.5, 0.6) is 0 Å². The molecule has 3 N–H and O–H groups in total. The number of hydrogen-bond acceptors (Lipinski definition) is 4. The minimum atomic E-state index is 0.800. The summed E-state index contributed by atoms with van der Waals surface area (Å²) >= 11 is 0. The lowest BCUT2D eigenvalue weighted by molar-refractivity contribution is 1.27. The van der Waals surface area contributed by atoms with Crippen molar-refractivity contribution < 1.29 is 0 Å². The van der Waals surface area contributed by atoms with Crippen LogP contribution in [-0.4, -0.2) is 9.97 Å². The molecule has 0 unspecified atom stereocenters. The number of rotatable bonds is 1. The number of fused-ring (bicyclic) bond motifs is 1. The molecule has 0 aliphatic heterocycles. The van der Waals surface area contributed by atoms with E-state index >= 15 is 0 Å². The Labute approximate surface area is 75.8 Å². The predicted molar refractivity (Wildman–Crippen MR) is 52.1 cm³/mol. The zero-order chi connectivity index (χ0) is 9.26. The molecule has 0 atom stereocenters. The summed E-state index contributed by atoms with van der Waals surface area (Å²) in [6.07, 6.45) is 3.46. The summed E-state index contributed by atoms with van der Waals surface area (Å²) in [6.45, 7) is 2.00. The minimum Gasteiger partial charge on any atom is -0.322 e. The van der Waals surface area contributed by atoms with Crippen molar-refractivity contribution in [1.29, 1.82) is 0 Å². The van der Waals surface area contributed by atoms with Crippen molar-refractivity contribution >= 4 is 16.7 Å². The Morgan fingerprint density at radius 3 is 2.62 bits per heavy atom. The van der Waals surface area contributed by atoms with Crippen LogP contribution in [0.3, 0.4) is 0 Å². The molecule has 2 aromatic rings. The van der Waals surface area contributed by atoms with Gasteiger partial charge in [0.25, 0.3) is 0 Å². The molecule has 4 heteroatoms. The summed E-state index contributed by atoms with van der Waals surface area (Å²) in [6, 6.07) is 3.73. The van der Waals surface area contributed by atoms with Gasteiger partial charge in [-0.1, -0.05) is 0 Å². The standard InChI is InChI=1S/C9H10N4/c1-6-2-4-12-9-7(13-10)3-5-11-8(6)9/h2-5H,10H2,1H3,(H,11,13). The van der Waals surface area contributed by atoms with Crippen molar-refractivity contribution in [3.8, 4) is 0 Å². The van der Waals surface area contributed by atoms with Gasteiger partial charge in [-0.3, -0.25) is 15.8 Å². The molecule has 4 nitrogen and oxygen atoms in total. The normalized spacial score (nSPS) is 10.3. The maximum Gasteiger partial charge on any atom is 0.113 e. The van der Waals surface area contributed by atoms with E-state index < -0.39 is 0 Å². The van der Waals surface area contributed by atoms with Gasteiger partial charge in [0.15, 0.2) is 0 Å². The summed E-state index contributed by atoms with van der Waals surface area (Å²) < 4.78 is 0. The fourth-order valence-electron chi connectivity index (χ4n) is 1.29. The molecule has 0 aliphatic carbocycles. The van der Waals surface area contributed by atoms with Gasteiger partial charge in [0, 0.05) is 12.4 Å². The molecule has 0 spiro atoms. The number of hydrazine groups is 1. The third-order valence-electron chi connectivity index (χ3n) is 1.98. The van der Waals surface area contributed by atoms with E-state index in [0.29, 0.717) is 0 Å². The molecule has 0 saturated carbocycles. The highest BCUT2D eigenvalue weighted by molar-refractivity contribution is 5.88. The highest BCUT2D eigenvalue weighted by Crippen LogP contribution is 2.19. The highest BCUT2D eigenvalue weighted by Gasteiger charge is 2.02. The minimum absolute atomic E-state index is 0.800. The number of hydrogen-bond donors (Lipinski definition) is 2. The Morgan fingerprint density at radius 2 is 1.85 bits per heavy atom. The maximum absolute atomic E-state index is 5.35. The van der Waals surface area contributed by atoms with Crippen LogP contribution >= 0.6 is 0 Å². The average Bonchev–Trinajstić information content (AvgIpc) is 2.18. The molecule has 0 saturated heterocycles. The number of aromatic nitrogens is 2. The molecular weight excluding hydrogens is 164 g/mol. The fraction of sp³-hybridized carbons (Fsp3) is 0.111. The number of nitrogens with two attached hydrogens (primary N) is 1. The molecule has 2 heterocycles. The first-order valence-electron chi connectivity index (χ1n) is 4.00. The van der Waals surface area contributed by atoms with E-state index in [1.54, 1.807) is 18.5 Å². The van der Waals surface area contributed by atoms with Crippen molar-refractivity contribution in [2.24, 2.45) is 5.84 Å². The van der Waals surface area contributed by atoms with Crippen LogP contribution in [0.4, 0.5) is 5.69 Å². The number of pyridine rings is 2. The topological polar surface area (TPSA) is 63.8 Å². The summed E-state index contributed by atoms with van der Waals surface area (Å²) in [5, 5.41) is 0. The van der Waals surface area contributed by atoms with E-state index in [1.165, 1.54) is 0 Å². The van der Waals surface area contributed by atoms with Gasteiger partial charge in [-0.15, -0.1) is 0 Å². The largest absolute Gasteiger partial charge is 0.322 e. The first kappa shape index (κ1) is 7.94. The highest BCUT2D eigenvalue weighted by atomic mass is 15.2. The smallest absolute Gasteiger partial charge is 0.113 e. The second-order valence-corrected chi connectivity index (χ2v) is 2.83. The monoisotopic (exact) mass is 174 g/mol. The van der Waals surface area contributed by atoms with Crippen molar-refractivity contribution in [2.45, 2.75) is 6.92 Å². The molecule has 0 aromatic carbocycles. The number of nitrogens with one attached hydrogen (secondary N) is 1. The van der Waals surface area contributed by atoms with Crippen molar-refractivity contribution in [3.63, 3.8) is 0 Å². The lowest BCUT2D eigenvalue weighted by Crippen LogP contribution is -2.07. The Balaban J connectivity index is 2.84. The van der Waals surface area contributed by atoms with Gasteiger partial charge in [-0.25, -0.2) is 0 Å². The summed E-state index contributed by atoms with van der Waals surface area (Å²) in [5.74, 6) is 5.35. The molecule has 0 fully saturated rings. The van der Waals surface area contributed by atoms with Gasteiger partial charge in [0.05, 0.1) is 11.2 Å². The molecule has 0 radical (unpaired) electrons. The Bertz CT molecular complexity index is 439. The van der Waals surface area contributed by atoms with E-state index in [4.69, 9.17) is 5.84 Å². The van der Waals surface area contributed by atoms with E-state index in [9.17, 15) is 0 Å². The summed E-state index contributed by atoms with van der Waals surface area (Å²) in [7, 11) is 0. The van der Waals surface area contributed by atoms with Crippen LogP contribution in [0.1, 0.15) is 5.56 Å². The van der Waals surface area contributed by atoms with E-state index in [2.05, 4.69) is 15.4 Å². The molecule has 66 valence electrons. The number of nitrogen functional groups attached to an aromatic ring is 1. The lowest BCUT2D eigenvalue weighted by atomic mass is 10.2. The second-order valence-electron chi connectivity index (χ2n) is 2.83. The van der Waals surface area contributed by atoms with E-state index in [1.807, 2.05) is 13.0 Å². The molecule has 0 bridgehead atoms. The number of aryl methyl sites for hydroxylation is 1. The van der Waals surface area contributed by atoms with Gasteiger partial charge in [-0.05, 0) is 24.6 Å².